The molecule has 160 valence electrons. The van der Waals surface area contributed by atoms with E-state index in [2.05, 4.69) is 34.2 Å². The molecule has 2 aromatic rings. The monoisotopic (exact) mass is 403 g/mol. The van der Waals surface area contributed by atoms with Gasteiger partial charge < -0.3 is 19.5 Å². The van der Waals surface area contributed by atoms with Crippen LogP contribution >= 0.6 is 0 Å². The molecule has 2 aromatic heterocycles. The van der Waals surface area contributed by atoms with Crippen LogP contribution in [0.3, 0.4) is 0 Å². The fourth-order valence-electron chi connectivity index (χ4n) is 4.05. The molecule has 1 amide bonds. The van der Waals surface area contributed by atoms with Crippen LogP contribution in [0.5, 0.6) is 0 Å². The van der Waals surface area contributed by atoms with Gasteiger partial charge in [-0.05, 0) is 38.5 Å². The van der Waals surface area contributed by atoms with Gasteiger partial charge in [-0.25, -0.2) is 4.98 Å². The third-order valence-electron chi connectivity index (χ3n) is 5.27. The smallest absolute Gasteiger partial charge is 0.263 e. The van der Waals surface area contributed by atoms with E-state index in [1.54, 1.807) is 0 Å². The van der Waals surface area contributed by atoms with E-state index < -0.39 is 0 Å². The molecule has 1 saturated heterocycles. The second-order valence-corrected chi connectivity index (χ2v) is 8.16. The molecule has 1 aliphatic rings. The molecule has 8 heteroatoms. The number of aromatic nitrogens is 3. The third-order valence-corrected chi connectivity index (χ3v) is 5.27. The number of carbonyl (C=O) groups excluding carboxylic acids is 1. The number of nitrogens with zero attached hydrogens (tertiary/aromatic N) is 4. The minimum atomic E-state index is 0.000660. The minimum absolute atomic E-state index is 0.000660. The molecule has 0 radical (unpaired) electrons. The van der Waals surface area contributed by atoms with Crippen molar-refractivity contribution in [1.29, 1.82) is 0 Å². The van der Waals surface area contributed by atoms with Crippen LogP contribution in [0.4, 0.5) is 5.82 Å². The Hall–Kier alpha value is -2.22. The van der Waals surface area contributed by atoms with Crippen molar-refractivity contribution in [3.05, 3.63) is 11.5 Å². The van der Waals surface area contributed by atoms with E-state index in [1.165, 1.54) is 6.42 Å². The molecule has 29 heavy (non-hydrogen) atoms. The first-order valence-electron chi connectivity index (χ1n) is 10.7. The fourth-order valence-corrected chi connectivity index (χ4v) is 4.05. The van der Waals surface area contributed by atoms with Gasteiger partial charge in [-0.3, -0.25) is 4.79 Å². The van der Waals surface area contributed by atoms with Gasteiger partial charge in [0.15, 0.2) is 0 Å². The maximum Gasteiger partial charge on any atom is 0.263 e. The molecular weight excluding hydrogens is 370 g/mol. The van der Waals surface area contributed by atoms with Crippen molar-refractivity contribution in [1.82, 2.24) is 20.4 Å². The molecule has 0 aliphatic carbocycles. The number of amides is 1. The third kappa shape index (κ3) is 5.65. The Morgan fingerprint density at radius 2 is 2.03 bits per heavy atom. The molecule has 0 spiro atoms. The van der Waals surface area contributed by atoms with Crippen molar-refractivity contribution < 1.29 is 14.1 Å². The highest BCUT2D eigenvalue weighted by molar-refractivity contribution is 5.88. The Kier molecular flexibility index (Phi) is 7.41. The highest BCUT2D eigenvalue weighted by Crippen LogP contribution is 2.31. The summed E-state index contributed by atoms with van der Waals surface area (Å²) >= 11 is 0. The van der Waals surface area contributed by atoms with Gasteiger partial charge in [-0.1, -0.05) is 19.0 Å². The van der Waals surface area contributed by atoms with Crippen LogP contribution in [0.2, 0.25) is 0 Å². The standard InChI is InChI=1S/C21H33N5O3/c1-5-28-10-6-9-22-18(27)8-7-17-23-20(19-16(4)25-29-21(19)24-17)26-12-14(2)11-15(3)13-26/h14-15H,5-13H2,1-4H3,(H,22,27). The van der Waals surface area contributed by atoms with Gasteiger partial charge in [0.05, 0.1) is 5.69 Å². The molecule has 3 heterocycles. The molecule has 0 aromatic carbocycles. The number of ether oxygens (including phenoxy) is 1. The van der Waals surface area contributed by atoms with Gasteiger partial charge in [0.25, 0.3) is 5.71 Å². The first kappa shape index (κ1) is 21.5. The first-order valence-corrected chi connectivity index (χ1v) is 10.7. The molecule has 3 rings (SSSR count). The van der Waals surface area contributed by atoms with Crippen LogP contribution in [0.25, 0.3) is 11.1 Å². The lowest BCUT2D eigenvalue weighted by Crippen LogP contribution is -2.39. The van der Waals surface area contributed by atoms with Gasteiger partial charge in [-0.15, -0.1) is 0 Å². The molecule has 2 atom stereocenters. The van der Waals surface area contributed by atoms with Gasteiger partial charge in [0.1, 0.15) is 17.0 Å². The normalized spacial score (nSPS) is 19.7. The quantitative estimate of drug-likeness (QED) is 0.644. The Balaban J connectivity index is 1.68. The summed E-state index contributed by atoms with van der Waals surface area (Å²) < 4.78 is 10.7. The molecule has 1 N–H and O–H groups in total. The van der Waals surface area contributed by atoms with Gasteiger partial charge >= 0.3 is 0 Å². The van der Waals surface area contributed by atoms with E-state index in [0.717, 1.165) is 36.4 Å². The number of nitrogens with one attached hydrogen (secondary N) is 1. The Bertz CT molecular complexity index is 812. The predicted molar refractivity (Wildman–Crippen MR) is 112 cm³/mol. The maximum atomic E-state index is 12.1. The average molecular weight is 404 g/mol. The first-order chi connectivity index (χ1) is 14.0. The highest BCUT2D eigenvalue weighted by Gasteiger charge is 2.27. The summed E-state index contributed by atoms with van der Waals surface area (Å²) in [6, 6.07) is 0. The van der Waals surface area contributed by atoms with Crippen molar-refractivity contribution >= 4 is 22.8 Å². The number of rotatable bonds is 9. The van der Waals surface area contributed by atoms with E-state index >= 15 is 0 Å². The Labute approximate surface area is 172 Å². The van der Waals surface area contributed by atoms with Crippen LogP contribution in [0.15, 0.2) is 4.52 Å². The van der Waals surface area contributed by atoms with Crippen LogP contribution in [0.1, 0.15) is 51.6 Å². The molecule has 2 unspecified atom stereocenters. The molecule has 0 bridgehead atoms. The largest absolute Gasteiger partial charge is 0.382 e. The van der Waals surface area contributed by atoms with Crippen LogP contribution in [-0.4, -0.2) is 53.9 Å². The van der Waals surface area contributed by atoms with Crippen molar-refractivity contribution in [2.75, 3.05) is 37.7 Å². The van der Waals surface area contributed by atoms with Gasteiger partial charge in [0.2, 0.25) is 5.91 Å². The summed E-state index contributed by atoms with van der Waals surface area (Å²) in [6.07, 6.45) is 2.86. The van der Waals surface area contributed by atoms with Crippen LogP contribution in [0, 0.1) is 18.8 Å². The Morgan fingerprint density at radius 3 is 2.76 bits per heavy atom. The van der Waals surface area contributed by atoms with E-state index in [1.807, 2.05) is 13.8 Å². The lowest BCUT2D eigenvalue weighted by atomic mass is 9.92. The predicted octanol–water partition coefficient (Wildman–Crippen LogP) is 2.88. The number of piperidine rings is 1. The van der Waals surface area contributed by atoms with Gasteiger partial charge in [0, 0.05) is 45.7 Å². The van der Waals surface area contributed by atoms with Crippen LogP contribution < -0.4 is 10.2 Å². The molecule has 0 saturated carbocycles. The molecule has 1 fully saturated rings. The second kappa shape index (κ2) is 10.0. The van der Waals surface area contributed by atoms with Crippen molar-refractivity contribution in [3.8, 4) is 0 Å². The van der Waals surface area contributed by atoms with Gasteiger partial charge in [-0.2, -0.15) is 4.98 Å². The van der Waals surface area contributed by atoms with E-state index in [9.17, 15) is 4.79 Å². The van der Waals surface area contributed by atoms with Crippen molar-refractivity contribution in [2.45, 2.75) is 53.4 Å². The molecular formula is C21H33N5O3. The number of carbonyl (C=O) groups is 1. The number of aryl methyl sites for hydroxylation is 2. The van der Waals surface area contributed by atoms with Crippen molar-refractivity contribution in [2.24, 2.45) is 11.8 Å². The summed E-state index contributed by atoms with van der Waals surface area (Å²) in [4.78, 5) is 23.8. The zero-order valence-corrected chi connectivity index (χ0v) is 18.0. The number of hydrogen-bond donors (Lipinski definition) is 1. The minimum Gasteiger partial charge on any atom is -0.382 e. The van der Waals surface area contributed by atoms with E-state index in [4.69, 9.17) is 14.2 Å². The summed E-state index contributed by atoms with van der Waals surface area (Å²) in [5.41, 5.74) is 1.31. The zero-order valence-electron chi connectivity index (χ0n) is 18.0. The average Bonchev–Trinajstić information content (AvgIpc) is 3.06. The van der Waals surface area contributed by atoms with E-state index in [0.29, 0.717) is 56.0 Å². The lowest BCUT2D eigenvalue weighted by Gasteiger charge is -2.36. The van der Waals surface area contributed by atoms with Crippen molar-refractivity contribution in [3.63, 3.8) is 0 Å². The lowest BCUT2D eigenvalue weighted by molar-refractivity contribution is -0.121. The summed E-state index contributed by atoms with van der Waals surface area (Å²) in [7, 11) is 0. The summed E-state index contributed by atoms with van der Waals surface area (Å²) in [6.45, 7) is 12.3. The number of fused-ring (bicyclic) bond motifs is 1. The topological polar surface area (TPSA) is 93.4 Å². The molecule has 1 aliphatic heterocycles. The Morgan fingerprint density at radius 1 is 1.28 bits per heavy atom. The SMILES string of the molecule is CCOCCCNC(=O)CCc1nc(N2CC(C)CC(C)C2)c2c(C)noc2n1. The number of anilines is 1. The molecule has 8 nitrogen and oxygen atoms in total. The highest BCUT2D eigenvalue weighted by atomic mass is 16.5. The zero-order chi connectivity index (χ0) is 20.8. The van der Waals surface area contributed by atoms with Crippen LogP contribution in [-0.2, 0) is 16.0 Å². The van der Waals surface area contributed by atoms with E-state index in [-0.39, 0.29) is 5.91 Å². The summed E-state index contributed by atoms with van der Waals surface area (Å²) in [5, 5.41) is 7.90. The fraction of sp³-hybridized carbons (Fsp3) is 0.714. The maximum absolute atomic E-state index is 12.1. The number of hydrogen-bond acceptors (Lipinski definition) is 7. The second-order valence-electron chi connectivity index (χ2n) is 8.16. The summed E-state index contributed by atoms with van der Waals surface area (Å²) in [5.74, 6) is 2.73.